The molecule has 3 nitrogen and oxygen atoms in total. The summed E-state index contributed by atoms with van der Waals surface area (Å²) in [5, 5.41) is 2.85. The van der Waals surface area contributed by atoms with Gasteiger partial charge in [-0.2, -0.15) is 0 Å². The summed E-state index contributed by atoms with van der Waals surface area (Å²) in [6.07, 6.45) is 7.06. The minimum atomic E-state index is -0.495. The molecular formula is C25H27F2NO2. The van der Waals surface area contributed by atoms with Crippen molar-refractivity contribution in [3.63, 3.8) is 0 Å². The summed E-state index contributed by atoms with van der Waals surface area (Å²) in [6, 6.07) is 7.66. The van der Waals surface area contributed by atoms with Gasteiger partial charge in [0.2, 0.25) is 0 Å². The van der Waals surface area contributed by atoms with Crippen LogP contribution < -0.4 is 5.32 Å². The second-order valence-corrected chi connectivity index (χ2v) is 8.66. The molecule has 0 unspecified atom stereocenters. The maximum Gasteiger partial charge on any atom is 0.251 e. The summed E-state index contributed by atoms with van der Waals surface area (Å²) in [6.45, 7) is 1.62. The van der Waals surface area contributed by atoms with Gasteiger partial charge >= 0.3 is 0 Å². The number of hydrogen-bond donors (Lipinski definition) is 1. The molecule has 0 radical (unpaired) electrons. The molecule has 1 N–H and O–H groups in total. The molecule has 1 amide bonds. The number of carbonyl (C=O) groups excluding carboxylic acids is 2. The SMILES string of the molecule is Cc1c(F)cc(C(=O)NC2CC2)cc1-c1ccc(CC(=O)C2CCCCC2)c(F)c1. The second kappa shape index (κ2) is 8.66. The Bertz CT molecular complexity index is 975. The number of halogens is 2. The third-order valence-electron chi connectivity index (χ3n) is 6.31. The Balaban J connectivity index is 1.56. The summed E-state index contributed by atoms with van der Waals surface area (Å²) in [4.78, 5) is 24.9. The zero-order chi connectivity index (χ0) is 21.3. The number of carbonyl (C=O) groups is 2. The molecule has 4 rings (SSSR count). The standard InChI is InChI=1S/C25H27F2NO2/c1-15-21(11-19(13-22(15)26)25(30)28-20-9-10-20)17-7-8-18(23(27)12-17)14-24(29)16-5-3-2-4-6-16/h7-8,11-13,16,20H,2-6,9-10,14H2,1H3,(H,28,30). The van der Waals surface area contributed by atoms with Gasteiger partial charge in [-0.05, 0) is 73.1 Å². The molecule has 5 heteroatoms. The molecule has 0 spiro atoms. The fourth-order valence-electron chi connectivity index (χ4n) is 4.22. The zero-order valence-electron chi connectivity index (χ0n) is 17.3. The van der Waals surface area contributed by atoms with E-state index in [4.69, 9.17) is 0 Å². The van der Waals surface area contributed by atoms with Gasteiger partial charge in [0.05, 0.1) is 0 Å². The fraction of sp³-hybridized carbons (Fsp3) is 0.440. The summed E-state index contributed by atoms with van der Waals surface area (Å²) in [5.74, 6) is -1.14. The van der Waals surface area contributed by atoms with Crippen LogP contribution in [0.25, 0.3) is 11.1 Å². The van der Waals surface area contributed by atoms with Crippen molar-refractivity contribution in [3.8, 4) is 11.1 Å². The van der Waals surface area contributed by atoms with Crippen molar-refractivity contribution in [1.29, 1.82) is 0 Å². The third kappa shape index (κ3) is 4.61. The van der Waals surface area contributed by atoms with Gasteiger partial charge in [0.25, 0.3) is 5.91 Å². The predicted octanol–water partition coefficient (Wildman–Crippen LogP) is 5.52. The third-order valence-corrected chi connectivity index (χ3v) is 6.31. The van der Waals surface area contributed by atoms with E-state index in [2.05, 4.69) is 5.32 Å². The van der Waals surface area contributed by atoms with Crippen molar-refractivity contribution in [3.05, 3.63) is 58.7 Å². The van der Waals surface area contributed by atoms with Crippen LogP contribution in [0, 0.1) is 24.5 Å². The summed E-state index contributed by atoms with van der Waals surface area (Å²) >= 11 is 0. The lowest BCUT2D eigenvalue weighted by molar-refractivity contribution is -0.123. The van der Waals surface area contributed by atoms with Crippen LogP contribution in [0.15, 0.2) is 30.3 Å². The Morgan fingerprint density at radius 1 is 0.967 bits per heavy atom. The Morgan fingerprint density at radius 3 is 2.37 bits per heavy atom. The van der Waals surface area contributed by atoms with E-state index in [0.717, 1.165) is 38.5 Å². The van der Waals surface area contributed by atoms with Crippen LogP contribution in [-0.4, -0.2) is 17.7 Å². The monoisotopic (exact) mass is 411 g/mol. The molecule has 0 atom stereocenters. The molecule has 0 aliphatic heterocycles. The van der Waals surface area contributed by atoms with Crippen LogP contribution in [0.1, 0.15) is 66.4 Å². The maximum atomic E-state index is 14.8. The molecule has 2 fully saturated rings. The number of amides is 1. The average molecular weight is 411 g/mol. The highest BCUT2D eigenvalue weighted by Gasteiger charge is 2.25. The van der Waals surface area contributed by atoms with E-state index in [0.29, 0.717) is 22.3 Å². The molecule has 2 aliphatic carbocycles. The highest BCUT2D eigenvalue weighted by molar-refractivity contribution is 5.96. The second-order valence-electron chi connectivity index (χ2n) is 8.66. The molecule has 0 heterocycles. The van der Waals surface area contributed by atoms with E-state index in [-0.39, 0.29) is 35.6 Å². The maximum absolute atomic E-state index is 14.8. The van der Waals surface area contributed by atoms with Gasteiger partial charge in [0, 0.05) is 23.9 Å². The normalized spacial score (nSPS) is 17.0. The van der Waals surface area contributed by atoms with Gasteiger partial charge in [0.1, 0.15) is 17.4 Å². The predicted molar refractivity (Wildman–Crippen MR) is 112 cm³/mol. The first-order valence-electron chi connectivity index (χ1n) is 10.8. The molecule has 0 saturated heterocycles. The Morgan fingerprint density at radius 2 is 1.70 bits per heavy atom. The molecule has 2 aromatic carbocycles. The molecule has 0 aromatic heterocycles. The number of nitrogens with one attached hydrogen (secondary N) is 1. The minimum Gasteiger partial charge on any atom is -0.349 e. The van der Waals surface area contributed by atoms with E-state index in [1.54, 1.807) is 25.1 Å². The number of rotatable bonds is 6. The van der Waals surface area contributed by atoms with Gasteiger partial charge < -0.3 is 5.32 Å². The number of Topliss-reactive ketones (excluding diaryl/α,β-unsaturated/α-hetero) is 1. The Hall–Kier alpha value is -2.56. The van der Waals surface area contributed by atoms with Crippen molar-refractivity contribution >= 4 is 11.7 Å². The van der Waals surface area contributed by atoms with Crippen LogP contribution in [0.4, 0.5) is 8.78 Å². The van der Waals surface area contributed by atoms with Crippen LogP contribution in [0.2, 0.25) is 0 Å². The highest BCUT2D eigenvalue weighted by atomic mass is 19.1. The average Bonchev–Trinajstić information content (AvgIpc) is 3.56. The van der Waals surface area contributed by atoms with Gasteiger partial charge in [-0.1, -0.05) is 31.4 Å². The van der Waals surface area contributed by atoms with Crippen molar-refractivity contribution in [2.75, 3.05) is 0 Å². The van der Waals surface area contributed by atoms with Crippen molar-refractivity contribution in [1.82, 2.24) is 5.32 Å². The van der Waals surface area contributed by atoms with Crippen molar-refractivity contribution in [2.24, 2.45) is 5.92 Å². The van der Waals surface area contributed by atoms with Crippen molar-refractivity contribution in [2.45, 2.75) is 64.3 Å². The van der Waals surface area contributed by atoms with E-state index >= 15 is 0 Å². The lowest BCUT2D eigenvalue weighted by atomic mass is 9.84. The van der Waals surface area contributed by atoms with Crippen LogP contribution >= 0.6 is 0 Å². The Kier molecular flexibility index (Phi) is 5.98. The van der Waals surface area contributed by atoms with Gasteiger partial charge in [-0.15, -0.1) is 0 Å². The topological polar surface area (TPSA) is 46.2 Å². The summed E-state index contributed by atoms with van der Waals surface area (Å²) < 4.78 is 29.3. The first-order chi connectivity index (χ1) is 14.4. The Labute approximate surface area is 175 Å². The molecule has 2 saturated carbocycles. The van der Waals surface area contributed by atoms with Gasteiger partial charge in [-0.25, -0.2) is 8.78 Å². The van der Waals surface area contributed by atoms with E-state index < -0.39 is 11.6 Å². The molecular weight excluding hydrogens is 384 g/mol. The van der Waals surface area contributed by atoms with Gasteiger partial charge in [0.15, 0.2) is 0 Å². The van der Waals surface area contributed by atoms with Crippen molar-refractivity contribution < 1.29 is 18.4 Å². The molecule has 158 valence electrons. The zero-order valence-corrected chi connectivity index (χ0v) is 17.3. The first-order valence-corrected chi connectivity index (χ1v) is 10.8. The highest BCUT2D eigenvalue weighted by Crippen LogP contribution is 2.30. The van der Waals surface area contributed by atoms with Crippen LogP contribution in [0.3, 0.4) is 0 Å². The summed E-state index contributed by atoms with van der Waals surface area (Å²) in [5.41, 5.74) is 1.95. The molecule has 0 bridgehead atoms. The number of benzene rings is 2. The van der Waals surface area contributed by atoms with Gasteiger partial charge in [-0.3, -0.25) is 9.59 Å². The lowest BCUT2D eigenvalue weighted by Crippen LogP contribution is -2.25. The van der Waals surface area contributed by atoms with Crippen LogP contribution in [-0.2, 0) is 11.2 Å². The fourth-order valence-corrected chi connectivity index (χ4v) is 4.22. The van der Waals surface area contributed by atoms with E-state index in [1.807, 2.05) is 0 Å². The summed E-state index contributed by atoms with van der Waals surface area (Å²) in [7, 11) is 0. The lowest BCUT2D eigenvalue weighted by Gasteiger charge is -2.20. The minimum absolute atomic E-state index is 0.0378. The smallest absolute Gasteiger partial charge is 0.251 e. The molecule has 2 aromatic rings. The largest absolute Gasteiger partial charge is 0.349 e. The van der Waals surface area contributed by atoms with E-state index in [1.165, 1.54) is 18.6 Å². The molecule has 30 heavy (non-hydrogen) atoms. The van der Waals surface area contributed by atoms with Crippen LogP contribution in [0.5, 0.6) is 0 Å². The molecule has 2 aliphatic rings. The quantitative estimate of drug-likeness (QED) is 0.680. The first kappa shape index (κ1) is 20.7. The number of ketones is 1. The number of hydrogen-bond acceptors (Lipinski definition) is 2. The van der Waals surface area contributed by atoms with E-state index in [9.17, 15) is 18.4 Å².